The van der Waals surface area contributed by atoms with Gasteiger partial charge in [-0.25, -0.2) is 0 Å². The van der Waals surface area contributed by atoms with Crippen LogP contribution < -0.4 is 10.6 Å². The zero-order valence-corrected chi connectivity index (χ0v) is 34.0. The molecule has 10 nitrogen and oxygen atoms in total. The molecule has 2 aromatic rings. The molecule has 3 saturated carbocycles. The van der Waals surface area contributed by atoms with E-state index in [1.165, 1.54) is 0 Å². The molecule has 0 aromatic heterocycles. The van der Waals surface area contributed by atoms with Gasteiger partial charge in [0.1, 0.15) is 5.90 Å². The van der Waals surface area contributed by atoms with Crippen molar-refractivity contribution in [1.82, 2.24) is 5.32 Å². The first-order valence-corrected chi connectivity index (χ1v) is 22.5. The third-order valence-electron chi connectivity index (χ3n) is 11.4. The van der Waals surface area contributed by atoms with Crippen LogP contribution in [0.1, 0.15) is 97.0 Å². The molecule has 7 atom stereocenters. The van der Waals surface area contributed by atoms with Crippen LogP contribution in [0, 0.1) is 29.1 Å². The minimum absolute atomic E-state index is 0.00573. The van der Waals surface area contributed by atoms with E-state index in [1.54, 1.807) is 45.0 Å². The topological polar surface area (TPSA) is 126 Å². The number of nitrogens with one attached hydrogen (secondary N) is 1. The van der Waals surface area contributed by atoms with Crippen molar-refractivity contribution in [2.75, 3.05) is 25.7 Å². The maximum Gasteiger partial charge on any atom is 0.481 e. The SMILES string of the molecule is CCOP(=O)(CP(=O)(OCC)c1ccc(C(=O)CC(Cc2ccccc2)C(=O)N[C@@H](CC(C)C)B2OC3CC4C[C@H](C4(C)C)[C@]3(C)O2)cc1)OCC. The van der Waals surface area contributed by atoms with E-state index in [4.69, 9.17) is 22.9 Å². The highest BCUT2D eigenvalue weighted by molar-refractivity contribution is 7.78. The Hall–Kier alpha value is -2.10. The van der Waals surface area contributed by atoms with E-state index in [2.05, 4.69) is 39.9 Å². The number of Topliss-reactive ketones (excluding diaryl/α,β-unsaturated/α-hetero) is 1. The number of hydrogen-bond donors (Lipinski definition) is 1. The highest BCUT2D eigenvalue weighted by Gasteiger charge is 2.68. The summed E-state index contributed by atoms with van der Waals surface area (Å²) in [5.41, 5.74) is 1.12. The lowest BCUT2D eigenvalue weighted by Gasteiger charge is -2.64. The van der Waals surface area contributed by atoms with Gasteiger partial charge in [0.2, 0.25) is 13.3 Å². The monoisotopic (exact) mass is 757 g/mol. The Balaban J connectivity index is 1.34. The number of ketones is 1. The summed E-state index contributed by atoms with van der Waals surface area (Å²) in [6.07, 6.45) is 3.11. The Morgan fingerprint density at radius 1 is 0.923 bits per heavy atom. The lowest BCUT2D eigenvalue weighted by Crippen LogP contribution is -2.65. The molecule has 4 aliphatic rings. The van der Waals surface area contributed by atoms with E-state index >= 15 is 0 Å². The number of rotatable bonds is 19. The van der Waals surface area contributed by atoms with Gasteiger partial charge in [0.15, 0.2) is 5.78 Å². The first-order valence-electron chi connectivity index (χ1n) is 19.0. The molecule has 1 N–H and O–H groups in total. The van der Waals surface area contributed by atoms with Crippen molar-refractivity contribution in [3.63, 3.8) is 0 Å². The van der Waals surface area contributed by atoms with Crippen LogP contribution in [0.3, 0.4) is 0 Å². The van der Waals surface area contributed by atoms with E-state index < -0.39 is 39.5 Å². The predicted octanol–water partition coefficient (Wildman–Crippen LogP) is 8.08. The van der Waals surface area contributed by atoms with Crippen molar-refractivity contribution < 1.29 is 41.6 Å². The molecule has 52 heavy (non-hydrogen) atoms. The van der Waals surface area contributed by atoms with Gasteiger partial charge in [-0.15, -0.1) is 0 Å². The normalized spacial score (nSPS) is 25.9. The summed E-state index contributed by atoms with van der Waals surface area (Å²) in [7, 11) is -7.93. The van der Waals surface area contributed by atoms with Crippen molar-refractivity contribution in [1.29, 1.82) is 0 Å². The van der Waals surface area contributed by atoms with Crippen LogP contribution in [0.4, 0.5) is 0 Å². The van der Waals surface area contributed by atoms with Crippen LogP contribution in [0.25, 0.3) is 0 Å². The van der Waals surface area contributed by atoms with Crippen molar-refractivity contribution in [2.45, 2.75) is 105 Å². The highest BCUT2D eigenvalue weighted by Crippen LogP contribution is 2.66. The van der Waals surface area contributed by atoms with Gasteiger partial charge in [-0.05, 0) is 94.2 Å². The molecular formula is C39H58BNO9P2. The lowest BCUT2D eigenvalue weighted by atomic mass is 9.43. The van der Waals surface area contributed by atoms with Gasteiger partial charge in [0.05, 0.1) is 37.5 Å². The summed E-state index contributed by atoms with van der Waals surface area (Å²) >= 11 is 0. The van der Waals surface area contributed by atoms with E-state index in [0.29, 0.717) is 35.5 Å². The quantitative estimate of drug-likeness (QED) is 0.0860. The fourth-order valence-corrected chi connectivity index (χ4v) is 14.1. The van der Waals surface area contributed by atoms with E-state index in [0.717, 1.165) is 18.4 Å². The standard InChI is InChI=1S/C39H58BNO9P2/c1-9-46-51(44,26-52(45,47-10-2)48-11-3)32-19-17-29(18-20-32)33(42)23-30(22-28-15-13-12-14-16-28)37(43)41-36(21-27(4)5)40-49-35-25-31-24-34(38(31,6)7)39(35,8)50-40/h12-20,27,30-31,34-36H,9-11,21-26H2,1-8H3,(H,41,43)/t30?,31?,34-,35?,36+,39+,51?/m1/s1. The first kappa shape index (κ1) is 41.1. The fourth-order valence-electron chi connectivity index (χ4n) is 8.64. The molecule has 1 amide bonds. The molecule has 6 rings (SSSR count). The number of carbonyl (C=O) groups is 2. The van der Waals surface area contributed by atoms with Gasteiger partial charge in [0.25, 0.3) is 0 Å². The zero-order chi connectivity index (χ0) is 37.9. The third-order valence-corrected chi connectivity index (χ3v) is 17.3. The van der Waals surface area contributed by atoms with Crippen molar-refractivity contribution >= 4 is 39.1 Å². The number of amides is 1. The molecule has 1 saturated heterocycles. The van der Waals surface area contributed by atoms with E-state index in [1.807, 2.05) is 30.3 Å². The van der Waals surface area contributed by atoms with Gasteiger partial charge in [0, 0.05) is 23.2 Å². The predicted molar refractivity (Wildman–Crippen MR) is 205 cm³/mol. The molecule has 0 spiro atoms. The van der Waals surface area contributed by atoms with Crippen LogP contribution in [0.5, 0.6) is 0 Å². The largest absolute Gasteiger partial charge is 0.481 e. The Kier molecular flexibility index (Phi) is 13.2. The van der Waals surface area contributed by atoms with Crippen molar-refractivity contribution in [3.8, 4) is 0 Å². The second kappa shape index (κ2) is 16.7. The van der Waals surface area contributed by atoms with Gasteiger partial charge in [-0.2, -0.15) is 0 Å². The molecule has 1 aliphatic heterocycles. The van der Waals surface area contributed by atoms with Gasteiger partial charge in [-0.1, -0.05) is 70.2 Å². The zero-order valence-electron chi connectivity index (χ0n) is 32.2. The number of benzene rings is 2. The second-order valence-corrected chi connectivity index (χ2v) is 20.8. The van der Waals surface area contributed by atoms with Crippen LogP contribution >= 0.6 is 15.0 Å². The summed E-state index contributed by atoms with van der Waals surface area (Å²) in [5.74, 6) is -0.600. The van der Waals surface area contributed by atoms with Crippen LogP contribution in [-0.4, -0.2) is 62.2 Å². The molecule has 3 aliphatic carbocycles. The molecule has 1 heterocycles. The van der Waals surface area contributed by atoms with E-state index in [9.17, 15) is 18.7 Å². The highest BCUT2D eigenvalue weighted by atomic mass is 31.2. The summed E-state index contributed by atoms with van der Waals surface area (Å²) in [5, 5.41) is 3.60. The number of carbonyl (C=O) groups excluding carboxylic acids is 2. The summed E-state index contributed by atoms with van der Waals surface area (Å²) in [4.78, 5) is 28.1. The molecule has 2 aromatic carbocycles. The van der Waals surface area contributed by atoms with Crippen LogP contribution in [0.15, 0.2) is 54.6 Å². The Morgan fingerprint density at radius 3 is 2.13 bits per heavy atom. The molecule has 13 heteroatoms. The van der Waals surface area contributed by atoms with Gasteiger partial charge >= 0.3 is 14.7 Å². The van der Waals surface area contributed by atoms with Crippen molar-refractivity contribution in [2.24, 2.45) is 29.1 Å². The smallest absolute Gasteiger partial charge is 0.404 e. The molecular weight excluding hydrogens is 699 g/mol. The average molecular weight is 758 g/mol. The Bertz CT molecular complexity index is 1630. The van der Waals surface area contributed by atoms with Crippen LogP contribution in [-0.2, 0) is 43.2 Å². The molecule has 4 fully saturated rings. The fraction of sp³-hybridized carbons (Fsp3) is 0.641. The third kappa shape index (κ3) is 8.89. The second-order valence-electron chi connectivity index (χ2n) is 15.8. The molecule has 4 unspecified atom stereocenters. The van der Waals surface area contributed by atoms with E-state index in [-0.39, 0.29) is 61.3 Å². The Morgan fingerprint density at radius 2 is 1.56 bits per heavy atom. The first-order chi connectivity index (χ1) is 24.6. The van der Waals surface area contributed by atoms with Crippen LogP contribution in [0.2, 0.25) is 0 Å². The maximum atomic E-state index is 14.3. The number of hydrogen-bond acceptors (Lipinski definition) is 9. The Labute approximate surface area is 310 Å². The van der Waals surface area contributed by atoms with Crippen molar-refractivity contribution in [3.05, 3.63) is 65.7 Å². The van der Waals surface area contributed by atoms with Gasteiger partial charge < -0.3 is 28.2 Å². The van der Waals surface area contributed by atoms with Gasteiger partial charge in [-0.3, -0.25) is 18.7 Å². The summed E-state index contributed by atoms with van der Waals surface area (Å²) in [6.45, 7) is 16.6. The average Bonchev–Trinajstić information content (AvgIpc) is 3.45. The minimum atomic E-state index is -3.70. The maximum absolute atomic E-state index is 14.3. The molecule has 286 valence electrons. The molecule has 2 bridgehead atoms. The molecule has 0 radical (unpaired) electrons. The summed E-state index contributed by atoms with van der Waals surface area (Å²) in [6, 6.07) is 16.0. The lowest BCUT2D eigenvalue weighted by molar-refractivity contribution is -0.199. The minimum Gasteiger partial charge on any atom is -0.404 e. The summed E-state index contributed by atoms with van der Waals surface area (Å²) < 4.78 is 57.3.